The van der Waals surface area contributed by atoms with E-state index in [0.717, 1.165) is 44.9 Å². The number of hydrogen-bond donors (Lipinski definition) is 1. The van der Waals surface area contributed by atoms with Crippen molar-refractivity contribution in [3.05, 3.63) is 41.9 Å². The first kappa shape index (κ1) is 24.4. The Morgan fingerprint density at radius 1 is 1.26 bits per heavy atom. The number of aliphatic imine (C=N–C) groups is 1. The van der Waals surface area contributed by atoms with Gasteiger partial charge in [-0.2, -0.15) is 0 Å². The Bertz CT molecular complexity index is 961. The maximum Gasteiger partial charge on any atom is 0.225 e. The summed E-state index contributed by atoms with van der Waals surface area (Å²) in [7, 11) is 0. The van der Waals surface area contributed by atoms with Gasteiger partial charge in [0, 0.05) is 44.9 Å². The highest BCUT2D eigenvalue weighted by Gasteiger charge is 2.44. The number of likely N-dealkylation sites (tertiary alicyclic amines) is 2. The fraction of sp³-hybridized carbons (Fsp3) is 0.577. The summed E-state index contributed by atoms with van der Waals surface area (Å²) in [4.78, 5) is 34.4. The molecule has 0 aliphatic carbocycles. The van der Waals surface area contributed by atoms with E-state index in [1.54, 1.807) is 6.07 Å². The molecule has 4 rings (SSSR count). The molecule has 7 nitrogen and oxygen atoms in total. The molecule has 0 aromatic heterocycles. The normalized spacial score (nSPS) is 21.6. The number of nitrogens with zero attached hydrogens (tertiary/aromatic N) is 3. The van der Waals surface area contributed by atoms with Crippen molar-refractivity contribution < 1.29 is 18.7 Å². The number of rotatable bonds is 5. The number of amides is 1. The molecule has 0 bridgehead atoms. The van der Waals surface area contributed by atoms with Gasteiger partial charge in [0.2, 0.25) is 5.91 Å². The lowest BCUT2D eigenvalue weighted by atomic mass is 9.82. The van der Waals surface area contributed by atoms with Gasteiger partial charge in [-0.05, 0) is 64.2 Å². The summed E-state index contributed by atoms with van der Waals surface area (Å²) in [5.41, 5.74) is -0.256. The minimum atomic E-state index is -0.581. The lowest BCUT2D eigenvalue weighted by molar-refractivity contribution is -0.140. The Labute approximate surface area is 201 Å². The highest BCUT2D eigenvalue weighted by Crippen LogP contribution is 2.40. The molecule has 8 heteroatoms. The van der Waals surface area contributed by atoms with Crippen LogP contribution in [0.25, 0.3) is 0 Å². The van der Waals surface area contributed by atoms with E-state index in [1.165, 1.54) is 12.1 Å². The van der Waals surface area contributed by atoms with Crippen LogP contribution in [-0.2, 0) is 4.79 Å². The van der Waals surface area contributed by atoms with E-state index in [2.05, 4.69) is 21.3 Å². The third-order valence-corrected chi connectivity index (χ3v) is 7.14. The summed E-state index contributed by atoms with van der Waals surface area (Å²) >= 11 is 0. The molecule has 0 atom stereocenters. The SMILES string of the molecule is CCN=C(C)N/C=C/CN1CCC(C(=O)N2CCC3(CC2)CC(=O)c2cc(F)ccc2O3)CC1. The minimum absolute atomic E-state index is 0.0592. The Balaban J connectivity index is 1.23. The molecular formula is C26H35FN4O3. The fourth-order valence-corrected chi connectivity index (χ4v) is 5.16. The van der Waals surface area contributed by atoms with Gasteiger partial charge in [0.25, 0.3) is 0 Å². The van der Waals surface area contributed by atoms with Gasteiger partial charge >= 0.3 is 0 Å². The molecule has 1 aromatic carbocycles. The molecular weight excluding hydrogens is 435 g/mol. The van der Waals surface area contributed by atoms with Crippen molar-refractivity contribution in [3.63, 3.8) is 0 Å². The second-order valence-electron chi connectivity index (χ2n) is 9.53. The van der Waals surface area contributed by atoms with Crippen LogP contribution in [0.5, 0.6) is 5.75 Å². The second-order valence-corrected chi connectivity index (χ2v) is 9.53. The Morgan fingerprint density at radius 2 is 2.00 bits per heavy atom. The number of fused-ring (bicyclic) bond motifs is 1. The average Bonchev–Trinajstić information content (AvgIpc) is 2.83. The number of carbonyl (C=O) groups excluding carboxylic acids is 2. The van der Waals surface area contributed by atoms with Gasteiger partial charge in [-0.15, -0.1) is 0 Å². The Hall–Kier alpha value is -2.74. The second kappa shape index (κ2) is 10.7. The van der Waals surface area contributed by atoms with Crippen LogP contribution < -0.4 is 10.1 Å². The van der Waals surface area contributed by atoms with E-state index < -0.39 is 11.4 Å². The summed E-state index contributed by atoms with van der Waals surface area (Å²) in [6.07, 6.45) is 7.26. The molecule has 1 amide bonds. The zero-order valence-electron chi connectivity index (χ0n) is 20.2. The molecule has 1 aromatic rings. The van der Waals surface area contributed by atoms with Crippen molar-refractivity contribution >= 4 is 17.5 Å². The number of hydrogen-bond acceptors (Lipinski definition) is 5. The van der Waals surface area contributed by atoms with E-state index in [0.29, 0.717) is 37.2 Å². The standard InChI is InChI=1S/C26H35FN4O3/c1-3-28-19(2)29-11-4-12-30-13-7-20(8-14-30)25(33)31-15-9-26(10-16-31)18-23(32)22-17-21(27)5-6-24(22)34-26/h4-6,11,17,20H,3,7-10,12-16,18H2,1-2H3,(H,28,29)/b11-4+. The van der Waals surface area contributed by atoms with E-state index in [9.17, 15) is 14.0 Å². The first-order valence-corrected chi connectivity index (χ1v) is 12.3. The van der Waals surface area contributed by atoms with Crippen molar-refractivity contribution in [2.24, 2.45) is 10.9 Å². The molecule has 0 radical (unpaired) electrons. The number of halogens is 1. The van der Waals surface area contributed by atoms with Crippen molar-refractivity contribution in [3.8, 4) is 5.75 Å². The molecule has 3 aliphatic rings. The van der Waals surface area contributed by atoms with Crippen LogP contribution in [0, 0.1) is 11.7 Å². The third kappa shape index (κ3) is 5.66. The number of ether oxygens (including phenoxy) is 1. The van der Waals surface area contributed by atoms with Crippen LogP contribution in [0.4, 0.5) is 4.39 Å². The van der Waals surface area contributed by atoms with Crippen LogP contribution in [0.1, 0.15) is 56.3 Å². The van der Waals surface area contributed by atoms with Crippen LogP contribution in [0.15, 0.2) is 35.5 Å². The molecule has 2 fully saturated rings. The average molecular weight is 471 g/mol. The minimum Gasteiger partial charge on any atom is -0.486 e. The maximum absolute atomic E-state index is 13.5. The van der Waals surface area contributed by atoms with Gasteiger partial charge < -0.3 is 15.0 Å². The largest absolute Gasteiger partial charge is 0.486 e. The van der Waals surface area contributed by atoms with Crippen LogP contribution in [-0.4, -0.2) is 72.2 Å². The summed E-state index contributed by atoms with van der Waals surface area (Å²) in [6.45, 7) is 8.59. The first-order chi connectivity index (χ1) is 16.4. The number of nitrogens with one attached hydrogen (secondary N) is 1. The monoisotopic (exact) mass is 470 g/mol. The number of Topliss-reactive ketones (excluding diaryl/α,β-unsaturated/α-hetero) is 1. The Morgan fingerprint density at radius 3 is 2.71 bits per heavy atom. The van der Waals surface area contributed by atoms with Crippen molar-refractivity contribution in [2.75, 3.05) is 39.3 Å². The zero-order valence-corrected chi connectivity index (χ0v) is 20.2. The molecule has 3 heterocycles. The van der Waals surface area contributed by atoms with Gasteiger partial charge in [0.05, 0.1) is 17.8 Å². The number of carbonyl (C=O) groups is 2. The van der Waals surface area contributed by atoms with E-state index in [-0.39, 0.29) is 24.0 Å². The van der Waals surface area contributed by atoms with Crippen molar-refractivity contribution in [1.82, 2.24) is 15.1 Å². The molecule has 3 aliphatic heterocycles. The zero-order chi connectivity index (χ0) is 24.1. The lowest BCUT2D eigenvalue weighted by Gasteiger charge is -2.45. The third-order valence-electron chi connectivity index (χ3n) is 7.14. The predicted molar refractivity (Wildman–Crippen MR) is 130 cm³/mol. The molecule has 2 saturated heterocycles. The maximum atomic E-state index is 13.5. The summed E-state index contributed by atoms with van der Waals surface area (Å²) in [5, 5.41) is 3.16. The van der Waals surface area contributed by atoms with Gasteiger partial charge in [-0.3, -0.25) is 19.5 Å². The highest BCUT2D eigenvalue weighted by molar-refractivity contribution is 6.00. The van der Waals surface area contributed by atoms with E-state index >= 15 is 0 Å². The molecule has 0 unspecified atom stereocenters. The fourth-order valence-electron chi connectivity index (χ4n) is 5.16. The molecule has 0 saturated carbocycles. The summed E-state index contributed by atoms with van der Waals surface area (Å²) in [6, 6.07) is 4.12. The number of ketones is 1. The summed E-state index contributed by atoms with van der Waals surface area (Å²) in [5.74, 6) is 1.15. The number of piperidine rings is 2. The Kier molecular flexibility index (Phi) is 7.66. The van der Waals surface area contributed by atoms with Crippen molar-refractivity contribution in [2.45, 2.75) is 51.6 Å². The summed E-state index contributed by atoms with van der Waals surface area (Å²) < 4.78 is 19.7. The highest BCUT2D eigenvalue weighted by atomic mass is 19.1. The van der Waals surface area contributed by atoms with Crippen LogP contribution >= 0.6 is 0 Å². The molecule has 1 spiro atoms. The van der Waals surface area contributed by atoms with Gasteiger partial charge in [0.1, 0.15) is 17.2 Å². The van der Waals surface area contributed by atoms with Crippen molar-refractivity contribution in [1.29, 1.82) is 0 Å². The molecule has 34 heavy (non-hydrogen) atoms. The molecule has 184 valence electrons. The number of amidine groups is 1. The quantitative estimate of drug-likeness (QED) is 0.527. The predicted octanol–water partition coefficient (Wildman–Crippen LogP) is 3.41. The van der Waals surface area contributed by atoms with Gasteiger partial charge in [-0.25, -0.2) is 4.39 Å². The van der Waals surface area contributed by atoms with Crippen LogP contribution in [0.2, 0.25) is 0 Å². The number of benzene rings is 1. The first-order valence-electron chi connectivity index (χ1n) is 12.3. The molecule has 1 N–H and O–H groups in total. The smallest absolute Gasteiger partial charge is 0.225 e. The van der Waals surface area contributed by atoms with Gasteiger partial charge in [0.15, 0.2) is 5.78 Å². The van der Waals surface area contributed by atoms with Crippen LogP contribution in [0.3, 0.4) is 0 Å². The van der Waals surface area contributed by atoms with E-state index in [1.807, 2.05) is 24.9 Å². The lowest BCUT2D eigenvalue weighted by Crippen LogP contribution is -2.53. The topological polar surface area (TPSA) is 74.2 Å². The van der Waals surface area contributed by atoms with Gasteiger partial charge in [-0.1, -0.05) is 6.08 Å². The van der Waals surface area contributed by atoms with E-state index in [4.69, 9.17) is 4.74 Å².